The van der Waals surface area contributed by atoms with Crippen molar-refractivity contribution in [1.82, 2.24) is 10.1 Å². The van der Waals surface area contributed by atoms with Crippen LogP contribution >= 0.6 is 0 Å². The van der Waals surface area contributed by atoms with Crippen molar-refractivity contribution in [2.24, 2.45) is 11.7 Å². The molecule has 1 aromatic carbocycles. The van der Waals surface area contributed by atoms with E-state index in [1.165, 1.54) is 32.1 Å². The number of hydrogen-bond acceptors (Lipinski definition) is 5. The van der Waals surface area contributed by atoms with Gasteiger partial charge in [-0.15, -0.1) is 0 Å². The normalized spacial score (nSPS) is 16.9. The summed E-state index contributed by atoms with van der Waals surface area (Å²) in [6.07, 6.45) is 8.47. The Kier molecular flexibility index (Phi) is 5.86. The quantitative estimate of drug-likeness (QED) is 0.809. The highest BCUT2D eigenvalue weighted by atomic mass is 16.5. The van der Waals surface area contributed by atoms with Crippen molar-refractivity contribution < 1.29 is 9.26 Å². The highest BCUT2D eigenvalue weighted by Crippen LogP contribution is 2.31. The van der Waals surface area contributed by atoms with E-state index in [1.807, 2.05) is 24.3 Å². The molecule has 5 nitrogen and oxygen atoms in total. The van der Waals surface area contributed by atoms with Crippen molar-refractivity contribution >= 4 is 0 Å². The number of rotatable bonds is 7. The fourth-order valence-electron chi connectivity index (χ4n) is 3.31. The smallest absolute Gasteiger partial charge is 0.243 e. The summed E-state index contributed by atoms with van der Waals surface area (Å²) in [5, 5.41) is 4.09. The lowest BCUT2D eigenvalue weighted by Gasteiger charge is -2.22. The lowest BCUT2D eigenvalue weighted by atomic mass is 9.85. The summed E-state index contributed by atoms with van der Waals surface area (Å²) in [7, 11) is 0. The fourth-order valence-corrected chi connectivity index (χ4v) is 3.31. The van der Waals surface area contributed by atoms with Crippen molar-refractivity contribution in [3.8, 4) is 17.1 Å². The van der Waals surface area contributed by atoms with Gasteiger partial charge in [-0.2, -0.15) is 4.98 Å². The van der Waals surface area contributed by atoms with Crippen molar-refractivity contribution in [3.05, 3.63) is 30.2 Å². The summed E-state index contributed by atoms with van der Waals surface area (Å²) in [6, 6.07) is 7.60. The molecule has 0 spiro atoms. The van der Waals surface area contributed by atoms with Crippen LogP contribution in [0.5, 0.6) is 5.75 Å². The Balaban J connectivity index is 1.61. The second-order valence-electron chi connectivity index (χ2n) is 6.68. The summed E-state index contributed by atoms with van der Waals surface area (Å²) in [5.74, 6) is 2.69. The van der Waals surface area contributed by atoms with E-state index in [0.717, 1.165) is 30.8 Å². The molecule has 0 unspecified atom stereocenters. The van der Waals surface area contributed by atoms with Crippen molar-refractivity contribution in [1.29, 1.82) is 0 Å². The number of nitrogens with zero attached hydrogens (tertiary/aromatic N) is 2. The predicted molar refractivity (Wildman–Crippen MR) is 93.6 cm³/mol. The van der Waals surface area contributed by atoms with Gasteiger partial charge in [-0.25, -0.2) is 0 Å². The van der Waals surface area contributed by atoms with E-state index in [1.54, 1.807) is 0 Å². The number of aromatic nitrogens is 2. The van der Waals surface area contributed by atoms with Crippen LogP contribution in [0.2, 0.25) is 0 Å². The van der Waals surface area contributed by atoms with Crippen molar-refractivity contribution in [2.45, 2.75) is 57.9 Å². The molecular formula is C19H27N3O2. The highest BCUT2D eigenvalue weighted by molar-refractivity contribution is 5.55. The van der Waals surface area contributed by atoms with E-state index in [9.17, 15) is 0 Å². The van der Waals surface area contributed by atoms with Crippen LogP contribution in [0, 0.1) is 5.92 Å². The maximum absolute atomic E-state index is 6.28. The third-order valence-electron chi connectivity index (χ3n) is 4.66. The van der Waals surface area contributed by atoms with Gasteiger partial charge in [0.2, 0.25) is 11.7 Å². The molecule has 0 aliphatic heterocycles. The van der Waals surface area contributed by atoms with E-state index >= 15 is 0 Å². The van der Waals surface area contributed by atoms with Gasteiger partial charge in [0.1, 0.15) is 5.75 Å². The minimum Gasteiger partial charge on any atom is -0.494 e. The first-order chi connectivity index (χ1) is 11.8. The van der Waals surface area contributed by atoms with E-state index in [0.29, 0.717) is 17.6 Å². The number of benzene rings is 1. The molecular weight excluding hydrogens is 302 g/mol. The number of nitrogens with two attached hydrogens (primary N) is 1. The van der Waals surface area contributed by atoms with E-state index in [4.69, 9.17) is 15.0 Å². The Labute approximate surface area is 143 Å². The van der Waals surface area contributed by atoms with Crippen molar-refractivity contribution in [3.63, 3.8) is 0 Å². The number of hydrogen-bond donors (Lipinski definition) is 1. The molecule has 0 saturated heterocycles. The molecule has 1 aliphatic rings. The largest absolute Gasteiger partial charge is 0.494 e. The first-order valence-electron chi connectivity index (χ1n) is 9.08. The van der Waals surface area contributed by atoms with Gasteiger partial charge >= 0.3 is 0 Å². The standard InChI is InChI=1S/C19H27N3O2/c1-2-12-23-16-10-8-15(9-11-16)18-21-19(24-22-18)17(20)13-14-6-4-3-5-7-14/h8-11,14,17H,2-7,12-13,20H2,1H3/t17-/m1/s1. The molecule has 1 aliphatic carbocycles. The Bertz CT molecular complexity index is 618. The van der Waals surface area contributed by atoms with Crippen LogP contribution < -0.4 is 10.5 Å². The third-order valence-corrected chi connectivity index (χ3v) is 4.66. The molecule has 1 aromatic heterocycles. The average molecular weight is 329 g/mol. The van der Waals surface area contributed by atoms with Gasteiger partial charge in [-0.1, -0.05) is 44.2 Å². The molecule has 1 heterocycles. The second kappa shape index (κ2) is 8.29. The first kappa shape index (κ1) is 17.0. The average Bonchev–Trinajstić information content (AvgIpc) is 3.11. The monoisotopic (exact) mass is 329 g/mol. The molecule has 130 valence electrons. The summed E-state index contributed by atoms with van der Waals surface area (Å²) in [5.41, 5.74) is 7.20. The van der Waals surface area contributed by atoms with Gasteiger partial charge in [0, 0.05) is 5.56 Å². The maximum Gasteiger partial charge on any atom is 0.243 e. The molecule has 1 fully saturated rings. The predicted octanol–water partition coefficient (Wildman–Crippen LogP) is 4.50. The zero-order valence-corrected chi connectivity index (χ0v) is 14.4. The minimum absolute atomic E-state index is 0.165. The molecule has 1 atom stereocenters. The van der Waals surface area contributed by atoms with Gasteiger partial charge < -0.3 is 15.0 Å². The van der Waals surface area contributed by atoms with E-state index in [-0.39, 0.29) is 6.04 Å². The summed E-state index contributed by atoms with van der Waals surface area (Å²) in [4.78, 5) is 4.49. The van der Waals surface area contributed by atoms with Crippen LogP contribution in [0.15, 0.2) is 28.8 Å². The Morgan fingerprint density at radius 2 is 1.96 bits per heavy atom. The Morgan fingerprint density at radius 3 is 2.67 bits per heavy atom. The summed E-state index contributed by atoms with van der Waals surface area (Å²) >= 11 is 0. The van der Waals surface area contributed by atoms with Crippen molar-refractivity contribution in [2.75, 3.05) is 6.61 Å². The molecule has 0 bridgehead atoms. The molecule has 3 rings (SSSR count). The molecule has 0 radical (unpaired) electrons. The van der Waals surface area contributed by atoms with E-state index in [2.05, 4.69) is 17.1 Å². The fraction of sp³-hybridized carbons (Fsp3) is 0.579. The van der Waals surface area contributed by atoms with Crippen LogP contribution in [0.1, 0.15) is 63.8 Å². The first-order valence-corrected chi connectivity index (χ1v) is 9.08. The van der Waals surface area contributed by atoms with Crippen LogP contribution in [0.3, 0.4) is 0 Å². The van der Waals surface area contributed by atoms with Gasteiger partial charge in [0.25, 0.3) is 0 Å². The van der Waals surface area contributed by atoms with Crippen LogP contribution in [-0.2, 0) is 0 Å². The van der Waals surface area contributed by atoms with E-state index < -0.39 is 0 Å². The molecule has 0 amide bonds. The lowest BCUT2D eigenvalue weighted by molar-refractivity contribution is 0.284. The highest BCUT2D eigenvalue weighted by Gasteiger charge is 2.22. The van der Waals surface area contributed by atoms with Gasteiger partial charge in [-0.05, 0) is 43.0 Å². The number of ether oxygens (including phenoxy) is 1. The SMILES string of the molecule is CCCOc1ccc(-c2noc([C@H](N)CC3CCCCC3)n2)cc1. The maximum atomic E-state index is 6.28. The van der Waals surface area contributed by atoms with Gasteiger partial charge in [0.05, 0.1) is 12.6 Å². The van der Waals surface area contributed by atoms with Gasteiger partial charge in [-0.3, -0.25) is 0 Å². The molecule has 24 heavy (non-hydrogen) atoms. The summed E-state index contributed by atoms with van der Waals surface area (Å²) < 4.78 is 11.0. The molecule has 5 heteroatoms. The zero-order chi connectivity index (χ0) is 16.8. The van der Waals surface area contributed by atoms with Crippen LogP contribution in [0.25, 0.3) is 11.4 Å². The van der Waals surface area contributed by atoms with Crippen LogP contribution in [-0.4, -0.2) is 16.7 Å². The van der Waals surface area contributed by atoms with Gasteiger partial charge in [0.15, 0.2) is 0 Å². The molecule has 2 aromatic rings. The minimum atomic E-state index is -0.165. The second-order valence-corrected chi connectivity index (χ2v) is 6.68. The molecule has 2 N–H and O–H groups in total. The lowest BCUT2D eigenvalue weighted by Crippen LogP contribution is -2.17. The van der Waals surface area contributed by atoms with Crippen LogP contribution in [0.4, 0.5) is 0 Å². The summed E-state index contributed by atoms with van der Waals surface area (Å²) in [6.45, 7) is 2.81. The Hall–Kier alpha value is -1.88. The zero-order valence-electron chi connectivity index (χ0n) is 14.4. The third kappa shape index (κ3) is 4.35. The molecule has 1 saturated carbocycles. The Morgan fingerprint density at radius 1 is 1.21 bits per heavy atom. The topological polar surface area (TPSA) is 74.2 Å².